The first kappa shape index (κ1) is 10.4. The van der Waals surface area contributed by atoms with E-state index in [-0.39, 0.29) is 6.10 Å². The Morgan fingerprint density at radius 1 is 1.64 bits per heavy atom. The molecule has 14 heavy (non-hydrogen) atoms. The summed E-state index contributed by atoms with van der Waals surface area (Å²) in [5.74, 6) is 0. The van der Waals surface area contributed by atoms with Crippen LogP contribution in [0.1, 0.15) is 11.7 Å². The van der Waals surface area contributed by atoms with Crippen LogP contribution in [0, 0.1) is 0 Å². The Morgan fingerprint density at radius 2 is 2.50 bits per heavy atom. The second kappa shape index (κ2) is 4.57. The minimum Gasteiger partial charge on any atom is -0.371 e. The fourth-order valence-electron chi connectivity index (χ4n) is 1.43. The molecule has 0 saturated carbocycles. The van der Waals surface area contributed by atoms with E-state index in [0.717, 1.165) is 23.1 Å². The zero-order valence-corrected chi connectivity index (χ0v) is 9.81. The van der Waals surface area contributed by atoms with E-state index < -0.39 is 0 Å². The van der Waals surface area contributed by atoms with E-state index >= 15 is 0 Å². The summed E-state index contributed by atoms with van der Waals surface area (Å²) in [5, 5.41) is 3.77. The average molecular weight is 278 g/mol. The van der Waals surface area contributed by atoms with Crippen LogP contribution in [-0.2, 0) is 4.74 Å². The Balaban J connectivity index is 2.24. The van der Waals surface area contributed by atoms with Gasteiger partial charge in [0.1, 0.15) is 5.15 Å². The van der Waals surface area contributed by atoms with Gasteiger partial charge in [0.05, 0.1) is 12.7 Å². The second-order valence-corrected chi connectivity index (χ2v) is 4.37. The highest BCUT2D eigenvalue weighted by Crippen LogP contribution is 2.27. The zero-order valence-electron chi connectivity index (χ0n) is 7.46. The minimum atomic E-state index is 0.0150. The molecular formula is C9H10BrClN2O. The smallest absolute Gasteiger partial charge is 0.134 e. The van der Waals surface area contributed by atoms with Gasteiger partial charge < -0.3 is 10.1 Å². The van der Waals surface area contributed by atoms with Crippen LogP contribution in [0.4, 0.5) is 0 Å². The number of nitrogens with zero attached hydrogens (tertiary/aromatic N) is 1. The van der Waals surface area contributed by atoms with Gasteiger partial charge in [-0.2, -0.15) is 0 Å². The lowest BCUT2D eigenvalue weighted by molar-refractivity contribution is 0.0275. The van der Waals surface area contributed by atoms with Crippen LogP contribution in [0.3, 0.4) is 0 Å². The van der Waals surface area contributed by atoms with Crippen molar-refractivity contribution in [3.8, 4) is 0 Å². The summed E-state index contributed by atoms with van der Waals surface area (Å²) in [6.45, 7) is 2.40. The molecule has 2 heterocycles. The van der Waals surface area contributed by atoms with E-state index in [1.807, 2.05) is 6.07 Å². The molecule has 1 aliphatic rings. The Labute approximate surface area is 95.9 Å². The van der Waals surface area contributed by atoms with Crippen LogP contribution in [0.2, 0.25) is 5.15 Å². The van der Waals surface area contributed by atoms with Crippen molar-refractivity contribution >= 4 is 27.5 Å². The summed E-state index contributed by atoms with van der Waals surface area (Å²) in [5.41, 5.74) is 0.938. The molecule has 1 aromatic heterocycles. The Kier molecular flexibility index (Phi) is 3.38. The maximum absolute atomic E-state index is 5.99. The molecule has 1 N–H and O–H groups in total. The van der Waals surface area contributed by atoms with Gasteiger partial charge in [0.15, 0.2) is 0 Å². The number of ether oxygens (including phenoxy) is 1. The molecule has 0 aliphatic carbocycles. The molecule has 0 spiro atoms. The van der Waals surface area contributed by atoms with Crippen molar-refractivity contribution in [2.24, 2.45) is 0 Å². The van der Waals surface area contributed by atoms with Gasteiger partial charge in [0.25, 0.3) is 0 Å². The summed E-state index contributed by atoms with van der Waals surface area (Å²) < 4.78 is 6.51. The minimum absolute atomic E-state index is 0.0150. The molecule has 0 aromatic carbocycles. The molecule has 0 radical (unpaired) electrons. The van der Waals surface area contributed by atoms with Gasteiger partial charge >= 0.3 is 0 Å². The number of pyridine rings is 1. The topological polar surface area (TPSA) is 34.2 Å². The van der Waals surface area contributed by atoms with Crippen LogP contribution < -0.4 is 5.32 Å². The van der Waals surface area contributed by atoms with Crippen molar-refractivity contribution < 1.29 is 4.74 Å². The van der Waals surface area contributed by atoms with Crippen molar-refractivity contribution in [3.05, 3.63) is 27.5 Å². The number of morpholine rings is 1. The summed E-state index contributed by atoms with van der Waals surface area (Å²) >= 11 is 9.36. The molecule has 0 bridgehead atoms. The molecule has 3 nitrogen and oxygen atoms in total. The second-order valence-electron chi connectivity index (χ2n) is 3.10. The predicted molar refractivity (Wildman–Crippen MR) is 58.5 cm³/mol. The molecular weight excluding hydrogens is 267 g/mol. The first-order valence-electron chi connectivity index (χ1n) is 4.40. The van der Waals surface area contributed by atoms with E-state index in [9.17, 15) is 0 Å². The van der Waals surface area contributed by atoms with Gasteiger partial charge in [-0.05, 0) is 22.0 Å². The first-order chi connectivity index (χ1) is 6.77. The highest BCUT2D eigenvalue weighted by molar-refractivity contribution is 9.10. The van der Waals surface area contributed by atoms with Crippen molar-refractivity contribution in [3.63, 3.8) is 0 Å². The Bertz CT molecular complexity index is 329. The number of hydrogen-bond acceptors (Lipinski definition) is 3. The van der Waals surface area contributed by atoms with Gasteiger partial charge in [0, 0.05) is 29.3 Å². The SMILES string of the molecule is Clc1ncc(Br)cc1C1CNCCO1. The average Bonchev–Trinajstić information content (AvgIpc) is 2.23. The van der Waals surface area contributed by atoms with Crippen molar-refractivity contribution in [1.29, 1.82) is 0 Å². The summed E-state index contributed by atoms with van der Waals surface area (Å²) in [4.78, 5) is 4.06. The van der Waals surface area contributed by atoms with Crippen LogP contribution in [0.5, 0.6) is 0 Å². The first-order valence-corrected chi connectivity index (χ1v) is 5.58. The largest absolute Gasteiger partial charge is 0.371 e. The van der Waals surface area contributed by atoms with Crippen LogP contribution in [-0.4, -0.2) is 24.7 Å². The molecule has 0 amide bonds. The quantitative estimate of drug-likeness (QED) is 0.799. The molecule has 1 unspecified atom stereocenters. The van der Waals surface area contributed by atoms with Crippen molar-refractivity contribution in [1.82, 2.24) is 10.3 Å². The molecule has 1 atom stereocenters. The van der Waals surface area contributed by atoms with Crippen LogP contribution in [0.25, 0.3) is 0 Å². The van der Waals surface area contributed by atoms with E-state index in [0.29, 0.717) is 11.8 Å². The van der Waals surface area contributed by atoms with Gasteiger partial charge in [-0.25, -0.2) is 4.98 Å². The van der Waals surface area contributed by atoms with Gasteiger partial charge in [0.2, 0.25) is 0 Å². The van der Waals surface area contributed by atoms with E-state index in [1.54, 1.807) is 6.20 Å². The van der Waals surface area contributed by atoms with Gasteiger partial charge in [-0.1, -0.05) is 11.6 Å². The molecule has 2 rings (SSSR count). The number of nitrogens with one attached hydrogen (secondary N) is 1. The summed E-state index contributed by atoms with van der Waals surface area (Å²) in [7, 11) is 0. The third-order valence-corrected chi connectivity index (χ3v) is 2.86. The lowest BCUT2D eigenvalue weighted by Crippen LogP contribution is -2.33. The van der Waals surface area contributed by atoms with E-state index in [1.165, 1.54) is 0 Å². The number of hydrogen-bond donors (Lipinski definition) is 1. The Hall–Kier alpha value is -0.160. The molecule has 1 aromatic rings. The fraction of sp³-hybridized carbons (Fsp3) is 0.444. The lowest BCUT2D eigenvalue weighted by atomic mass is 10.1. The predicted octanol–water partition coefficient (Wildman–Crippen LogP) is 2.16. The van der Waals surface area contributed by atoms with Crippen molar-refractivity contribution in [2.45, 2.75) is 6.10 Å². The molecule has 5 heteroatoms. The molecule has 1 saturated heterocycles. The normalized spacial score (nSPS) is 22.3. The van der Waals surface area contributed by atoms with E-state index in [4.69, 9.17) is 16.3 Å². The van der Waals surface area contributed by atoms with Gasteiger partial charge in [-0.3, -0.25) is 0 Å². The van der Waals surface area contributed by atoms with Crippen LogP contribution >= 0.6 is 27.5 Å². The summed E-state index contributed by atoms with van der Waals surface area (Å²) in [6, 6.07) is 1.95. The highest BCUT2D eigenvalue weighted by Gasteiger charge is 2.19. The lowest BCUT2D eigenvalue weighted by Gasteiger charge is -2.24. The number of halogens is 2. The molecule has 1 aliphatic heterocycles. The monoisotopic (exact) mass is 276 g/mol. The summed E-state index contributed by atoms with van der Waals surface area (Å²) in [6.07, 6.45) is 1.70. The third kappa shape index (κ3) is 2.25. The fourth-order valence-corrected chi connectivity index (χ4v) is 2.00. The zero-order chi connectivity index (χ0) is 9.97. The maximum Gasteiger partial charge on any atom is 0.134 e. The molecule has 1 fully saturated rings. The maximum atomic E-state index is 5.99. The van der Waals surface area contributed by atoms with E-state index in [2.05, 4.69) is 26.2 Å². The van der Waals surface area contributed by atoms with Crippen molar-refractivity contribution in [2.75, 3.05) is 19.7 Å². The molecule has 76 valence electrons. The van der Waals surface area contributed by atoms with Gasteiger partial charge in [-0.15, -0.1) is 0 Å². The highest BCUT2D eigenvalue weighted by atomic mass is 79.9. The standard InChI is InChI=1S/C9H10BrClN2O/c10-6-3-7(9(11)13-4-6)8-5-12-1-2-14-8/h3-4,8,12H,1-2,5H2. The number of rotatable bonds is 1. The third-order valence-electron chi connectivity index (χ3n) is 2.11. The number of aromatic nitrogens is 1. The van der Waals surface area contributed by atoms with Crippen LogP contribution in [0.15, 0.2) is 16.7 Å². The Morgan fingerprint density at radius 3 is 3.21 bits per heavy atom.